The Morgan fingerprint density at radius 1 is 0.941 bits per heavy atom. The first-order valence-corrected chi connectivity index (χ1v) is 17.9. The monoisotopic (exact) mass is 713 g/mol. The number of ether oxygens (including phenoxy) is 1. The first kappa shape index (κ1) is 39.8. The number of benzene rings is 2. The number of hydrogen-bond donors (Lipinski definition) is 1. The normalized spacial score (nSPS) is 15.1. The van der Waals surface area contributed by atoms with Crippen molar-refractivity contribution in [2.75, 3.05) is 26.2 Å². The predicted octanol–water partition coefficient (Wildman–Crippen LogP) is 8.33. The van der Waals surface area contributed by atoms with Crippen LogP contribution in [0.3, 0.4) is 0 Å². The summed E-state index contributed by atoms with van der Waals surface area (Å²) in [7, 11) is 0. The third-order valence-electron chi connectivity index (χ3n) is 9.56. The van der Waals surface area contributed by atoms with Gasteiger partial charge in [-0.15, -0.1) is 0 Å². The third kappa shape index (κ3) is 10.1. The van der Waals surface area contributed by atoms with Crippen LogP contribution in [0, 0.1) is 39.4 Å². The molecule has 1 N–H and O–H groups in total. The summed E-state index contributed by atoms with van der Waals surface area (Å²) in [6.07, 6.45) is -0.810. The van der Waals surface area contributed by atoms with Gasteiger partial charge >= 0.3 is 12.1 Å². The molecule has 11 heteroatoms. The van der Waals surface area contributed by atoms with E-state index in [1.54, 1.807) is 26.0 Å². The van der Waals surface area contributed by atoms with Crippen LogP contribution in [-0.2, 0) is 26.9 Å². The van der Waals surface area contributed by atoms with Crippen LogP contribution in [0.25, 0.3) is 11.1 Å². The van der Waals surface area contributed by atoms with Crippen LogP contribution in [0.5, 0.6) is 0 Å². The quantitative estimate of drug-likeness (QED) is 0.142. The van der Waals surface area contributed by atoms with E-state index in [1.807, 2.05) is 46.8 Å². The van der Waals surface area contributed by atoms with Crippen molar-refractivity contribution in [3.63, 3.8) is 0 Å². The maximum Gasteiger partial charge on any atom is 0.416 e. The van der Waals surface area contributed by atoms with Gasteiger partial charge in [-0.2, -0.15) is 13.2 Å². The number of piperidine rings is 1. The minimum Gasteiger partial charge on any atom is -0.466 e. The number of aryl methyl sites for hydroxylation is 4. The lowest BCUT2D eigenvalue weighted by molar-refractivity contribution is -0.144. The maximum absolute atomic E-state index is 16.1. The van der Waals surface area contributed by atoms with Crippen molar-refractivity contribution in [1.82, 2.24) is 14.8 Å². The lowest BCUT2D eigenvalue weighted by Crippen LogP contribution is -2.41. The molecule has 1 aromatic heterocycles. The molecule has 2 aromatic carbocycles. The Labute approximate surface area is 298 Å². The highest BCUT2D eigenvalue weighted by Gasteiger charge is 2.36. The average molecular weight is 714 g/mol. The highest BCUT2D eigenvalue weighted by atomic mass is 19.4. The summed E-state index contributed by atoms with van der Waals surface area (Å²) in [6.45, 7) is 14.9. The number of likely N-dealkylation sites (tertiary alicyclic amines) is 1. The molecule has 0 saturated carbocycles. The fourth-order valence-corrected chi connectivity index (χ4v) is 7.28. The van der Waals surface area contributed by atoms with Gasteiger partial charge in [-0.1, -0.05) is 38.0 Å². The molecule has 1 aliphatic heterocycles. The average Bonchev–Trinajstić information content (AvgIpc) is 3.03. The second-order valence-electron chi connectivity index (χ2n) is 14.3. The lowest BCUT2D eigenvalue weighted by atomic mass is 9.89. The molecule has 0 spiro atoms. The zero-order chi connectivity index (χ0) is 37.6. The SMILES string of the molecule is CCOC(=O)C[C@H](NC(=O)C(CC(C)C)n1cc(CCN2CCCCC2)c(C(F)(F)F)cc1=O)c1cc(-c2c(C)cc(C)cc2C)cc(C)c1F. The van der Waals surface area contributed by atoms with Gasteiger partial charge in [-0.25, -0.2) is 4.39 Å². The second kappa shape index (κ2) is 17.0. The van der Waals surface area contributed by atoms with Gasteiger partial charge < -0.3 is 19.5 Å². The van der Waals surface area contributed by atoms with E-state index in [1.165, 1.54) is 0 Å². The van der Waals surface area contributed by atoms with Crippen molar-refractivity contribution in [3.05, 3.63) is 91.6 Å². The molecule has 2 atom stereocenters. The first-order valence-electron chi connectivity index (χ1n) is 17.9. The van der Waals surface area contributed by atoms with Gasteiger partial charge in [0.1, 0.15) is 11.9 Å². The molecule has 2 heterocycles. The van der Waals surface area contributed by atoms with Crippen LogP contribution in [-0.4, -0.2) is 47.6 Å². The molecule has 1 saturated heterocycles. The number of carbonyl (C=O) groups is 2. The predicted molar refractivity (Wildman–Crippen MR) is 191 cm³/mol. The summed E-state index contributed by atoms with van der Waals surface area (Å²) in [6, 6.07) is 5.54. The number of alkyl halides is 3. The van der Waals surface area contributed by atoms with Gasteiger partial charge in [0, 0.05) is 24.4 Å². The number of pyridine rings is 1. The van der Waals surface area contributed by atoms with Crippen LogP contribution >= 0.6 is 0 Å². The fourth-order valence-electron chi connectivity index (χ4n) is 7.28. The molecule has 1 amide bonds. The Kier molecular flexibility index (Phi) is 13.3. The van der Waals surface area contributed by atoms with Crippen molar-refractivity contribution >= 4 is 11.9 Å². The van der Waals surface area contributed by atoms with Crippen molar-refractivity contribution < 1.29 is 31.9 Å². The summed E-state index contributed by atoms with van der Waals surface area (Å²) in [5.74, 6) is -2.14. The van der Waals surface area contributed by atoms with Gasteiger partial charge in [0.05, 0.1) is 24.6 Å². The Bertz CT molecular complexity index is 1750. The number of nitrogens with zero attached hydrogens (tertiary/aromatic N) is 2. The molecule has 278 valence electrons. The first-order chi connectivity index (χ1) is 24.0. The van der Waals surface area contributed by atoms with Crippen LogP contribution in [0.2, 0.25) is 0 Å². The smallest absolute Gasteiger partial charge is 0.416 e. The Morgan fingerprint density at radius 3 is 2.18 bits per heavy atom. The Hall–Kier alpha value is -3.99. The summed E-state index contributed by atoms with van der Waals surface area (Å²) in [4.78, 5) is 42.7. The van der Waals surface area contributed by atoms with E-state index in [2.05, 4.69) is 10.2 Å². The van der Waals surface area contributed by atoms with E-state index in [-0.39, 0.29) is 36.5 Å². The van der Waals surface area contributed by atoms with Crippen molar-refractivity contribution in [3.8, 4) is 11.1 Å². The molecule has 3 aromatic rings. The largest absolute Gasteiger partial charge is 0.466 e. The molecular formula is C40H51F4N3O4. The molecule has 7 nitrogen and oxygen atoms in total. The van der Waals surface area contributed by atoms with Crippen molar-refractivity contribution in [2.45, 2.75) is 105 Å². The fraction of sp³-hybridized carbons (Fsp3) is 0.525. The van der Waals surface area contributed by atoms with Crippen LogP contribution in [0.1, 0.15) is 104 Å². The van der Waals surface area contributed by atoms with E-state index in [0.29, 0.717) is 23.7 Å². The number of esters is 1. The maximum atomic E-state index is 16.1. The van der Waals surface area contributed by atoms with Gasteiger partial charge in [0.2, 0.25) is 5.91 Å². The van der Waals surface area contributed by atoms with Crippen molar-refractivity contribution in [1.29, 1.82) is 0 Å². The summed E-state index contributed by atoms with van der Waals surface area (Å²) in [5, 5.41) is 2.82. The highest BCUT2D eigenvalue weighted by molar-refractivity contribution is 5.82. The molecule has 4 rings (SSSR count). The van der Waals surface area contributed by atoms with Gasteiger partial charge in [-0.05, 0) is 125 Å². The third-order valence-corrected chi connectivity index (χ3v) is 9.56. The second-order valence-corrected chi connectivity index (χ2v) is 14.3. The van der Waals surface area contributed by atoms with E-state index in [0.717, 1.165) is 65.4 Å². The summed E-state index contributed by atoms with van der Waals surface area (Å²) < 4.78 is 65.0. The van der Waals surface area contributed by atoms with E-state index in [4.69, 9.17) is 4.74 Å². The Morgan fingerprint density at radius 2 is 1.59 bits per heavy atom. The molecule has 0 bridgehead atoms. The number of hydrogen-bond acceptors (Lipinski definition) is 5. The van der Waals surface area contributed by atoms with Gasteiger partial charge in [0.25, 0.3) is 5.56 Å². The van der Waals surface area contributed by atoms with Gasteiger partial charge in [-0.3, -0.25) is 14.4 Å². The summed E-state index contributed by atoms with van der Waals surface area (Å²) >= 11 is 0. The number of amides is 1. The highest BCUT2D eigenvalue weighted by Crippen LogP contribution is 2.35. The van der Waals surface area contributed by atoms with Gasteiger partial charge in [0.15, 0.2) is 0 Å². The number of aromatic nitrogens is 1. The zero-order valence-electron chi connectivity index (χ0n) is 30.8. The number of carbonyl (C=O) groups excluding carboxylic acids is 2. The molecule has 1 fully saturated rings. The summed E-state index contributed by atoms with van der Waals surface area (Å²) in [5.41, 5.74) is 2.95. The van der Waals surface area contributed by atoms with Crippen LogP contribution < -0.4 is 10.9 Å². The molecule has 1 unspecified atom stereocenters. The topological polar surface area (TPSA) is 80.6 Å². The molecule has 1 aliphatic rings. The van der Waals surface area contributed by atoms with E-state index < -0.39 is 53.5 Å². The number of nitrogens with one attached hydrogen (secondary N) is 1. The molecule has 51 heavy (non-hydrogen) atoms. The minimum atomic E-state index is -4.76. The Balaban J connectivity index is 1.79. The van der Waals surface area contributed by atoms with E-state index >= 15 is 4.39 Å². The van der Waals surface area contributed by atoms with Crippen LogP contribution in [0.4, 0.5) is 17.6 Å². The van der Waals surface area contributed by atoms with E-state index in [9.17, 15) is 27.6 Å². The van der Waals surface area contributed by atoms with Crippen molar-refractivity contribution in [2.24, 2.45) is 5.92 Å². The number of halogens is 4. The number of rotatable bonds is 13. The molecule has 0 aliphatic carbocycles. The minimum absolute atomic E-state index is 0.0474. The lowest BCUT2D eigenvalue weighted by Gasteiger charge is -2.28. The zero-order valence-corrected chi connectivity index (χ0v) is 30.8. The van der Waals surface area contributed by atoms with Crippen LogP contribution in [0.15, 0.2) is 41.3 Å². The standard InChI is InChI=1S/C40H51F4N3O4/c1-8-51-36(49)22-33(31-20-30(19-28(7)38(31)41)37-26(5)17-25(4)18-27(37)6)45-39(50)34(16-24(2)3)47-23-29(12-15-46-13-10-9-11-14-46)32(21-35(47)48)40(42,43)44/h17-21,23-24,33-34H,8-16,22H2,1-7H3,(H,45,50)/t33-,34?/m0/s1. The molecular weight excluding hydrogens is 662 g/mol. The molecule has 0 radical (unpaired) electrons.